The third kappa shape index (κ3) is 10.4. The second-order valence-corrected chi connectivity index (χ2v) is 3.93. The lowest BCUT2D eigenvalue weighted by Gasteiger charge is -2.14. The van der Waals surface area contributed by atoms with Crippen LogP contribution in [-0.4, -0.2) is 52.0 Å². The van der Waals surface area contributed by atoms with Crippen molar-refractivity contribution in [2.24, 2.45) is 5.73 Å². The molecular weight excluding hydrogens is 258 g/mol. The number of hydrogen-bond donors (Lipinski definition) is 5. The molecule has 0 aromatic rings. The van der Waals surface area contributed by atoms with Gasteiger partial charge >= 0.3 is 5.97 Å². The highest BCUT2D eigenvalue weighted by Crippen LogP contribution is 2.02. The molecule has 9 nitrogen and oxygen atoms in total. The molecular formula is C10H21N3O6. The van der Waals surface area contributed by atoms with Gasteiger partial charge in [0.15, 0.2) is 0 Å². The molecule has 0 saturated heterocycles. The summed E-state index contributed by atoms with van der Waals surface area (Å²) in [6.45, 7) is 0.418. The Kier molecular flexibility index (Phi) is 9.94. The summed E-state index contributed by atoms with van der Waals surface area (Å²) < 4.78 is 0. The molecule has 112 valence electrons. The van der Waals surface area contributed by atoms with Crippen LogP contribution in [0.15, 0.2) is 0 Å². The first-order valence-electron chi connectivity index (χ1n) is 6.00. The third-order valence-corrected chi connectivity index (χ3v) is 2.34. The average molecular weight is 279 g/mol. The number of rotatable bonds is 11. The van der Waals surface area contributed by atoms with Crippen LogP contribution in [0.5, 0.6) is 0 Å². The molecule has 0 heterocycles. The predicted molar refractivity (Wildman–Crippen MR) is 63.1 cm³/mol. The highest BCUT2D eigenvalue weighted by Gasteiger charge is 2.18. The molecule has 0 fully saturated rings. The third-order valence-electron chi connectivity index (χ3n) is 2.34. The summed E-state index contributed by atoms with van der Waals surface area (Å²) in [5, 5.41) is 27.3. The van der Waals surface area contributed by atoms with Crippen molar-refractivity contribution >= 4 is 11.9 Å². The van der Waals surface area contributed by atoms with Crippen LogP contribution in [-0.2, 0) is 14.4 Å². The van der Waals surface area contributed by atoms with Gasteiger partial charge in [0.05, 0.1) is 12.0 Å². The fourth-order valence-corrected chi connectivity index (χ4v) is 1.40. The highest BCUT2D eigenvalue weighted by molar-refractivity contribution is 5.83. The number of carboxylic acids is 1. The van der Waals surface area contributed by atoms with Gasteiger partial charge in [0.2, 0.25) is 5.91 Å². The number of nitrogens with one attached hydrogen (secondary N) is 1. The summed E-state index contributed by atoms with van der Waals surface area (Å²) in [4.78, 5) is 26.6. The average Bonchev–Trinajstić information content (AvgIpc) is 2.33. The van der Waals surface area contributed by atoms with Gasteiger partial charge in [-0.15, -0.1) is 0 Å². The molecule has 0 aliphatic carbocycles. The molecule has 0 bridgehead atoms. The molecule has 1 amide bonds. The zero-order valence-electron chi connectivity index (χ0n) is 10.6. The molecule has 19 heavy (non-hydrogen) atoms. The lowest BCUT2D eigenvalue weighted by atomic mass is 10.1. The summed E-state index contributed by atoms with van der Waals surface area (Å²) in [6, 6.07) is -0.924. The van der Waals surface area contributed by atoms with E-state index in [2.05, 4.69) is 10.2 Å². The number of unbranched alkanes of at least 4 members (excludes halogenated alkanes) is 1. The Labute approximate surface area is 110 Å². The number of carboxylic acid groups (broad SMARTS) is 1. The van der Waals surface area contributed by atoms with E-state index in [0.717, 1.165) is 0 Å². The quantitative estimate of drug-likeness (QED) is 0.251. The summed E-state index contributed by atoms with van der Waals surface area (Å²) in [5.41, 5.74) is 5.30. The number of nitrogens with two attached hydrogens (primary N) is 1. The lowest BCUT2D eigenvalue weighted by Crippen LogP contribution is -2.40. The van der Waals surface area contributed by atoms with Gasteiger partial charge in [-0.05, 0) is 32.2 Å². The van der Waals surface area contributed by atoms with Gasteiger partial charge < -0.3 is 16.2 Å². The molecule has 0 radical (unpaired) electrons. The van der Waals surface area contributed by atoms with Crippen molar-refractivity contribution in [1.82, 2.24) is 10.7 Å². The molecule has 1 atom stereocenters. The molecule has 6 N–H and O–H groups in total. The Bertz CT molecular complexity index is 274. The standard InChI is InChI=1S/C10H21N3O6/c11-6-2-1-4-8(10(15)16)12-9(14)5-3-7-19-13(17)18/h8,17-18H,1-7,11H2,(H,12,14)(H,15,16). The van der Waals surface area contributed by atoms with Crippen molar-refractivity contribution in [2.75, 3.05) is 13.2 Å². The van der Waals surface area contributed by atoms with Crippen LogP contribution < -0.4 is 11.1 Å². The van der Waals surface area contributed by atoms with Crippen LogP contribution in [0.4, 0.5) is 0 Å². The number of carbonyl (C=O) groups excluding carboxylic acids is 1. The van der Waals surface area contributed by atoms with Crippen molar-refractivity contribution < 1.29 is 29.9 Å². The normalized spacial score (nSPS) is 12.4. The number of carbonyl (C=O) groups is 2. The van der Waals surface area contributed by atoms with Crippen LogP contribution in [0.25, 0.3) is 0 Å². The minimum atomic E-state index is -1.08. The molecule has 0 aliphatic rings. The van der Waals surface area contributed by atoms with E-state index in [-0.39, 0.29) is 19.4 Å². The van der Waals surface area contributed by atoms with Gasteiger partial charge in [0.25, 0.3) is 0 Å². The summed E-state index contributed by atoms with van der Waals surface area (Å²) in [5.74, 6) is -1.51. The Balaban J connectivity index is 3.86. The van der Waals surface area contributed by atoms with E-state index < -0.39 is 23.3 Å². The van der Waals surface area contributed by atoms with Gasteiger partial charge in [-0.25, -0.2) is 4.79 Å². The Morgan fingerprint density at radius 2 is 1.95 bits per heavy atom. The van der Waals surface area contributed by atoms with Crippen LogP contribution in [0.1, 0.15) is 32.1 Å². The fourth-order valence-electron chi connectivity index (χ4n) is 1.40. The minimum Gasteiger partial charge on any atom is -0.480 e. The summed E-state index contributed by atoms with van der Waals surface area (Å²) in [7, 11) is 0. The number of nitrogens with zero attached hydrogens (tertiary/aromatic N) is 1. The second kappa shape index (κ2) is 10.6. The first-order chi connectivity index (χ1) is 8.97. The van der Waals surface area contributed by atoms with E-state index in [4.69, 9.17) is 21.3 Å². The van der Waals surface area contributed by atoms with E-state index in [1.165, 1.54) is 0 Å². The number of aliphatic carboxylic acids is 1. The SMILES string of the molecule is NCCCCC(NC(=O)CCCON(O)O)C(=O)O. The molecule has 1 unspecified atom stereocenters. The van der Waals surface area contributed by atoms with Crippen LogP contribution in [0, 0.1) is 0 Å². The first kappa shape index (κ1) is 17.7. The maximum absolute atomic E-state index is 11.4. The van der Waals surface area contributed by atoms with Crippen molar-refractivity contribution in [3.8, 4) is 0 Å². The maximum Gasteiger partial charge on any atom is 0.326 e. The van der Waals surface area contributed by atoms with Gasteiger partial charge in [-0.1, -0.05) is 0 Å². The van der Waals surface area contributed by atoms with E-state index in [0.29, 0.717) is 25.8 Å². The Hall–Kier alpha value is -1.26. The summed E-state index contributed by atoms with van der Waals surface area (Å²) >= 11 is 0. The monoisotopic (exact) mass is 279 g/mol. The molecule has 0 aromatic heterocycles. The van der Waals surface area contributed by atoms with E-state index in [9.17, 15) is 9.59 Å². The van der Waals surface area contributed by atoms with Crippen LogP contribution in [0.2, 0.25) is 0 Å². The zero-order chi connectivity index (χ0) is 14.7. The van der Waals surface area contributed by atoms with Crippen molar-refractivity contribution in [1.29, 1.82) is 0 Å². The molecule has 0 aliphatic heterocycles. The first-order valence-corrected chi connectivity index (χ1v) is 6.00. The topological polar surface area (TPSA) is 145 Å². The van der Waals surface area contributed by atoms with Gasteiger partial charge in [0, 0.05) is 6.42 Å². The molecule has 0 saturated carbocycles. The van der Waals surface area contributed by atoms with Crippen LogP contribution in [0.3, 0.4) is 0 Å². The van der Waals surface area contributed by atoms with Crippen molar-refractivity contribution in [3.63, 3.8) is 0 Å². The van der Waals surface area contributed by atoms with Gasteiger partial charge in [0.1, 0.15) is 6.04 Å². The minimum absolute atomic E-state index is 0.0362. The maximum atomic E-state index is 11.4. The van der Waals surface area contributed by atoms with E-state index >= 15 is 0 Å². The largest absolute Gasteiger partial charge is 0.480 e. The molecule has 0 rings (SSSR count). The fraction of sp³-hybridized carbons (Fsp3) is 0.800. The van der Waals surface area contributed by atoms with Crippen molar-refractivity contribution in [2.45, 2.75) is 38.1 Å². The molecule has 0 spiro atoms. The number of hydrogen-bond acceptors (Lipinski definition) is 7. The van der Waals surface area contributed by atoms with Gasteiger partial charge in [-0.2, -0.15) is 0 Å². The second-order valence-electron chi connectivity index (χ2n) is 3.93. The highest BCUT2D eigenvalue weighted by atomic mass is 17.1. The van der Waals surface area contributed by atoms with Gasteiger partial charge in [-0.3, -0.25) is 20.0 Å². The smallest absolute Gasteiger partial charge is 0.326 e. The molecule has 9 heteroatoms. The predicted octanol–water partition coefficient (Wildman–Crippen LogP) is -0.523. The number of amides is 1. The van der Waals surface area contributed by atoms with E-state index in [1.807, 2.05) is 0 Å². The Morgan fingerprint density at radius 3 is 2.47 bits per heavy atom. The zero-order valence-corrected chi connectivity index (χ0v) is 10.6. The van der Waals surface area contributed by atoms with E-state index in [1.54, 1.807) is 0 Å². The lowest BCUT2D eigenvalue weighted by molar-refractivity contribution is -0.492. The van der Waals surface area contributed by atoms with Crippen molar-refractivity contribution in [3.05, 3.63) is 0 Å². The summed E-state index contributed by atoms with van der Waals surface area (Å²) in [6.07, 6.45) is 1.93. The van der Waals surface area contributed by atoms with Crippen LogP contribution >= 0.6 is 0 Å². The Morgan fingerprint density at radius 1 is 1.26 bits per heavy atom. The molecule has 0 aromatic carbocycles.